The predicted molar refractivity (Wildman–Crippen MR) is 73.0 cm³/mol. The molecule has 1 N–H and O–H groups in total. The first-order valence-electron chi connectivity index (χ1n) is 5.78. The highest BCUT2D eigenvalue weighted by Gasteiger charge is 2.13. The lowest BCUT2D eigenvalue weighted by molar-refractivity contribution is 0.417. The molecule has 0 aliphatic carbocycles. The van der Waals surface area contributed by atoms with Crippen molar-refractivity contribution in [1.29, 1.82) is 0 Å². The number of rotatable bonds is 3. The molecule has 20 heavy (non-hydrogen) atoms. The highest BCUT2D eigenvalue weighted by atomic mass is 35.5. The van der Waals surface area contributed by atoms with E-state index in [1.807, 2.05) is 0 Å². The van der Waals surface area contributed by atoms with Crippen LogP contribution in [0.5, 0.6) is 5.75 Å². The lowest BCUT2D eigenvalue weighted by Gasteiger charge is -2.13. The minimum absolute atomic E-state index is 0.159. The van der Waals surface area contributed by atoms with Crippen molar-refractivity contribution >= 4 is 22.5 Å². The number of fused-ring (bicyclic) bond motifs is 1. The Hall–Kier alpha value is -2.41. The minimum Gasteiger partial charge on any atom is -0.495 e. The molecule has 0 atom stereocenters. The maximum Gasteiger partial charge on any atom is 0.194 e. The average Bonchev–Trinajstić information content (AvgIpc) is 2.95. The Bertz CT molecular complexity index is 813. The third-order valence-corrected chi connectivity index (χ3v) is 3.27. The van der Waals surface area contributed by atoms with E-state index in [1.54, 1.807) is 30.0 Å². The van der Waals surface area contributed by atoms with Gasteiger partial charge < -0.3 is 9.30 Å². The number of pyridine rings is 1. The summed E-state index contributed by atoms with van der Waals surface area (Å²) in [6.07, 6.45) is 1.65. The highest BCUT2D eigenvalue weighted by molar-refractivity contribution is 6.35. The predicted octanol–water partition coefficient (Wildman–Crippen LogP) is 1.22. The van der Waals surface area contributed by atoms with Crippen molar-refractivity contribution in [2.45, 2.75) is 6.54 Å². The largest absolute Gasteiger partial charge is 0.495 e. The number of methoxy groups -OCH3 is 1. The summed E-state index contributed by atoms with van der Waals surface area (Å²) < 4.78 is 7.11. The monoisotopic (exact) mass is 291 g/mol. The summed E-state index contributed by atoms with van der Waals surface area (Å²) in [5.41, 5.74) is 0.450. The standard InChI is InChI=1S/C12H10ClN5O2/c1-20-9-3-2-7(13)11-8(19)4-5-18(12(9)11)6-10-14-16-17-15-10/h2-5H,6H2,1H3,(H,14,15,16,17). The fraction of sp³-hybridized carbons (Fsp3) is 0.167. The summed E-state index contributed by atoms with van der Waals surface area (Å²) in [5, 5.41) is 14.5. The molecule has 0 spiro atoms. The van der Waals surface area contributed by atoms with Crippen molar-refractivity contribution < 1.29 is 4.74 Å². The number of tetrazole rings is 1. The van der Waals surface area contributed by atoms with Gasteiger partial charge in [-0.15, -0.1) is 10.2 Å². The normalized spacial score (nSPS) is 10.9. The van der Waals surface area contributed by atoms with Crippen molar-refractivity contribution in [3.05, 3.63) is 45.5 Å². The number of aromatic amines is 1. The molecule has 0 aliphatic rings. The lowest BCUT2D eigenvalue weighted by Crippen LogP contribution is -2.11. The Kier molecular flexibility index (Phi) is 3.11. The number of hydrogen-bond donors (Lipinski definition) is 1. The molecular weight excluding hydrogens is 282 g/mol. The van der Waals surface area contributed by atoms with Crippen LogP contribution >= 0.6 is 11.6 Å². The van der Waals surface area contributed by atoms with E-state index in [0.29, 0.717) is 34.0 Å². The average molecular weight is 292 g/mol. The Labute approximate surface area is 118 Å². The molecule has 0 bridgehead atoms. The summed E-state index contributed by atoms with van der Waals surface area (Å²) in [7, 11) is 1.54. The second-order valence-corrected chi connectivity index (χ2v) is 4.52. The van der Waals surface area contributed by atoms with Crippen LogP contribution < -0.4 is 10.2 Å². The number of benzene rings is 1. The quantitative estimate of drug-likeness (QED) is 0.784. The van der Waals surface area contributed by atoms with E-state index in [2.05, 4.69) is 20.6 Å². The minimum atomic E-state index is -0.159. The van der Waals surface area contributed by atoms with Crippen LogP contribution in [0.4, 0.5) is 0 Å². The van der Waals surface area contributed by atoms with Crippen LogP contribution in [0.15, 0.2) is 29.2 Å². The van der Waals surface area contributed by atoms with Crippen molar-refractivity contribution in [2.24, 2.45) is 0 Å². The van der Waals surface area contributed by atoms with Gasteiger partial charge in [-0.3, -0.25) is 4.79 Å². The number of aromatic nitrogens is 5. The van der Waals surface area contributed by atoms with Crippen LogP contribution in [-0.2, 0) is 6.54 Å². The number of nitrogens with one attached hydrogen (secondary N) is 1. The van der Waals surface area contributed by atoms with Crippen molar-refractivity contribution in [2.75, 3.05) is 7.11 Å². The number of nitrogens with zero attached hydrogens (tertiary/aromatic N) is 4. The molecule has 2 aromatic heterocycles. The van der Waals surface area contributed by atoms with Gasteiger partial charge in [-0.25, -0.2) is 0 Å². The molecule has 1 aromatic carbocycles. The maximum atomic E-state index is 12.0. The molecule has 0 aliphatic heterocycles. The van der Waals surface area contributed by atoms with E-state index < -0.39 is 0 Å². The maximum absolute atomic E-state index is 12.0. The molecule has 0 unspecified atom stereocenters. The molecule has 0 fully saturated rings. The summed E-state index contributed by atoms with van der Waals surface area (Å²) >= 11 is 6.13. The van der Waals surface area contributed by atoms with Crippen molar-refractivity contribution in [3.63, 3.8) is 0 Å². The molecule has 2 heterocycles. The number of hydrogen-bond acceptors (Lipinski definition) is 5. The summed E-state index contributed by atoms with van der Waals surface area (Å²) in [4.78, 5) is 12.0. The van der Waals surface area contributed by atoms with Gasteiger partial charge in [0.2, 0.25) is 0 Å². The Morgan fingerprint density at radius 3 is 2.95 bits per heavy atom. The van der Waals surface area contributed by atoms with Gasteiger partial charge in [-0.2, -0.15) is 5.21 Å². The van der Waals surface area contributed by atoms with Gasteiger partial charge in [0.25, 0.3) is 0 Å². The SMILES string of the molecule is COc1ccc(Cl)c2c(=O)ccn(Cc3nn[nH]n3)c12. The molecule has 8 heteroatoms. The lowest BCUT2D eigenvalue weighted by atomic mass is 10.2. The fourth-order valence-electron chi connectivity index (χ4n) is 2.08. The van der Waals surface area contributed by atoms with Gasteiger partial charge in [-0.1, -0.05) is 16.8 Å². The van der Waals surface area contributed by atoms with Crippen LogP contribution in [0.2, 0.25) is 5.02 Å². The van der Waals surface area contributed by atoms with Crippen molar-refractivity contribution in [3.8, 4) is 5.75 Å². The van der Waals surface area contributed by atoms with E-state index in [9.17, 15) is 4.79 Å². The second kappa shape index (κ2) is 4.93. The zero-order valence-corrected chi connectivity index (χ0v) is 11.3. The van der Waals surface area contributed by atoms with Crippen LogP contribution in [0.3, 0.4) is 0 Å². The van der Waals surface area contributed by atoms with Crippen LogP contribution in [0.25, 0.3) is 10.9 Å². The van der Waals surface area contributed by atoms with Gasteiger partial charge in [0.15, 0.2) is 11.3 Å². The van der Waals surface area contributed by atoms with E-state index in [4.69, 9.17) is 16.3 Å². The summed E-state index contributed by atoms with van der Waals surface area (Å²) in [6, 6.07) is 4.81. The topological polar surface area (TPSA) is 85.7 Å². The van der Waals surface area contributed by atoms with Crippen LogP contribution in [0.1, 0.15) is 5.82 Å². The molecule has 3 rings (SSSR count). The molecule has 102 valence electrons. The van der Waals surface area contributed by atoms with Crippen molar-refractivity contribution in [1.82, 2.24) is 25.2 Å². The molecule has 0 saturated heterocycles. The zero-order chi connectivity index (χ0) is 14.1. The molecule has 0 saturated carbocycles. The molecule has 3 aromatic rings. The summed E-state index contributed by atoms with van der Waals surface area (Å²) in [5.74, 6) is 1.06. The van der Waals surface area contributed by atoms with E-state index >= 15 is 0 Å². The van der Waals surface area contributed by atoms with Gasteiger partial charge in [-0.05, 0) is 12.1 Å². The van der Waals surface area contributed by atoms with Gasteiger partial charge in [0.05, 0.1) is 29.6 Å². The smallest absolute Gasteiger partial charge is 0.194 e. The van der Waals surface area contributed by atoms with Crippen LogP contribution in [-0.4, -0.2) is 32.3 Å². The van der Waals surface area contributed by atoms with Gasteiger partial charge in [0.1, 0.15) is 5.75 Å². The number of H-pyrrole nitrogens is 1. The zero-order valence-electron chi connectivity index (χ0n) is 10.5. The van der Waals surface area contributed by atoms with E-state index in [1.165, 1.54) is 6.07 Å². The van der Waals surface area contributed by atoms with Crippen LogP contribution in [0, 0.1) is 0 Å². The first kappa shape index (κ1) is 12.6. The molecule has 7 nitrogen and oxygen atoms in total. The number of halogens is 1. The molecule has 0 amide bonds. The third kappa shape index (κ3) is 2.01. The van der Waals surface area contributed by atoms with E-state index in [-0.39, 0.29) is 5.43 Å². The molecular formula is C12H10ClN5O2. The fourth-order valence-corrected chi connectivity index (χ4v) is 2.33. The van der Waals surface area contributed by atoms with E-state index in [0.717, 1.165) is 0 Å². The Balaban J connectivity index is 2.29. The van der Waals surface area contributed by atoms with Gasteiger partial charge in [0, 0.05) is 12.3 Å². The summed E-state index contributed by atoms with van der Waals surface area (Å²) in [6.45, 7) is 0.351. The first-order chi connectivity index (χ1) is 9.70. The van der Waals surface area contributed by atoms with Gasteiger partial charge >= 0.3 is 0 Å². The Morgan fingerprint density at radius 2 is 2.25 bits per heavy atom. The Morgan fingerprint density at radius 1 is 1.40 bits per heavy atom. The molecule has 0 radical (unpaired) electrons. The highest BCUT2D eigenvalue weighted by Crippen LogP contribution is 2.29. The second-order valence-electron chi connectivity index (χ2n) is 4.11. The third-order valence-electron chi connectivity index (χ3n) is 2.95. The first-order valence-corrected chi connectivity index (χ1v) is 6.16. The number of ether oxygens (including phenoxy) is 1.